The summed E-state index contributed by atoms with van der Waals surface area (Å²) in [5.74, 6) is -0.0709. The van der Waals surface area contributed by atoms with Crippen LogP contribution < -0.4 is 5.73 Å². The number of nitrogens with zero attached hydrogens (tertiary/aromatic N) is 3. The summed E-state index contributed by atoms with van der Waals surface area (Å²) in [5.41, 5.74) is 6.21. The topological polar surface area (TPSA) is 64.2 Å². The van der Waals surface area contributed by atoms with Crippen LogP contribution in [-0.2, 0) is 12.7 Å². The number of likely N-dealkylation sites (tertiary alicyclic amines) is 1. The number of halogens is 3. The third kappa shape index (κ3) is 3.84. The molecule has 1 aromatic heterocycles. The van der Waals surface area contributed by atoms with Gasteiger partial charge in [0.1, 0.15) is 0 Å². The van der Waals surface area contributed by atoms with Gasteiger partial charge in [0.25, 0.3) is 5.91 Å². The number of rotatable bonds is 3. The number of piperidine rings is 1. The van der Waals surface area contributed by atoms with Gasteiger partial charge in [-0.05, 0) is 36.6 Å². The zero-order chi connectivity index (χ0) is 18.0. The van der Waals surface area contributed by atoms with E-state index in [2.05, 4.69) is 5.10 Å². The van der Waals surface area contributed by atoms with Crippen molar-refractivity contribution in [3.63, 3.8) is 0 Å². The number of alkyl halides is 3. The second-order valence-electron chi connectivity index (χ2n) is 6.10. The highest BCUT2D eigenvalue weighted by atomic mass is 19.4. The van der Waals surface area contributed by atoms with E-state index in [-0.39, 0.29) is 11.9 Å². The molecule has 0 spiro atoms. The Labute approximate surface area is 143 Å². The van der Waals surface area contributed by atoms with Gasteiger partial charge in [-0.25, -0.2) is 0 Å². The quantitative estimate of drug-likeness (QED) is 0.924. The molecule has 2 N–H and O–H groups in total. The van der Waals surface area contributed by atoms with E-state index in [4.69, 9.17) is 5.73 Å². The van der Waals surface area contributed by atoms with Crippen LogP contribution in [0.3, 0.4) is 0 Å². The Hall–Kier alpha value is -2.35. The Kier molecular flexibility index (Phi) is 4.80. The molecule has 1 aliphatic rings. The largest absolute Gasteiger partial charge is 0.435 e. The average Bonchev–Trinajstić information content (AvgIpc) is 3.12. The Bertz CT molecular complexity index is 731. The van der Waals surface area contributed by atoms with Crippen molar-refractivity contribution in [2.45, 2.75) is 31.6 Å². The molecule has 0 radical (unpaired) electrons. The molecule has 0 aliphatic carbocycles. The predicted octanol–water partition coefficient (Wildman–Crippen LogP) is 2.84. The first-order chi connectivity index (χ1) is 11.9. The summed E-state index contributed by atoms with van der Waals surface area (Å²) in [6.07, 6.45) is -1.93. The van der Waals surface area contributed by atoms with Crippen LogP contribution in [0, 0.1) is 0 Å². The van der Waals surface area contributed by atoms with Crippen molar-refractivity contribution in [3.8, 4) is 0 Å². The van der Waals surface area contributed by atoms with Gasteiger partial charge >= 0.3 is 6.18 Å². The van der Waals surface area contributed by atoms with Crippen molar-refractivity contribution in [2.24, 2.45) is 5.73 Å². The molecule has 5 nitrogen and oxygen atoms in total. The second kappa shape index (κ2) is 6.87. The van der Waals surface area contributed by atoms with Crippen molar-refractivity contribution in [3.05, 3.63) is 53.3 Å². The maximum Gasteiger partial charge on any atom is 0.435 e. The minimum Gasteiger partial charge on any atom is -0.338 e. The third-order valence-electron chi connectivity index (χ3n) is 4.46. The first-order valence-corrected chi connectivity index (χ1v) is 8.09. The van der Waals surface area contributed by atoms with E-state index < -0.39 is 11.9 Å². The molecule has 134 valence electrons. The summed E-state index contributed by atoms with van der Waals surface area (Å²) in [5, 5.41) is 3.63. The highest BCUT2D eigenvalue weighted by Gasteiger charge is 2.34. The number of nitrogens with two attached hydrogens (primary N) is 1. The first-order valence-electron chi connectivity index (χ1n) is 8.09. The highest BCUT2D eigenvalue weighted by molar-refractivity contribution is 5.94. The van der Waals surface area contributed by atoms with E-state index in [9.17, 15) is 18.0 Å². The van der Waals surface area contributed by atoms with Gasteiger partial charge in [0.2, 0.25) is 0 Å². The maximum atomic E-state index is 12.6. The number of hydrogen-bond donors (Lipinski definition) is 1. The Morgan fingerprint density at radius 1 is 1.16 bits per heavy atom. The van der Waals surface area contributed by atoms with Crippen LogP contribution in [0.25, 0.3) is 0 Å². The van der Waals surface area contributed by atoms with Crippen molar-refractivity contribution in [1.82, 2.24) is 14.7 Å². The van der Waals surface area contributed by atoms with Crippen LogP contribution in [0.4, 0.5) is 13.2 Å². The molecule has 8 heteroatoms. The van der Waals surface area contributed by atoms with Gasteiger partial charge in [0.05, 0.1) is 6.04 Å². The molecule has 1 saturated heterocycles. The van der Waals surface area contributed by atoms with Gasteiger partial charge < -0.3 is 10.6 Å². The molecule has 0 bridgehead atoms. The van der Waals surface area contributed by atoms with Crippen LogP contribution in [-0.4, -0.2) is 33.7 Å². The molecule has 1 amide bonds. The van der Waals surface area contributed by atoms with Crippen LogP contribution in [0.5, 0.6) is 0 Å². The van der Waals surface area contributed by atoms with Gasteiger partial charge in [-0.3, -0.25) is 9.48 Å². The molecule has 0 saturated carbocycles. The normalized spacial score (nSPS) is 16.2. The van der Waals surface area contributed by atoms with Crippen molar-refractivity contribution in [1.29, 1.82) is 0 Å². The lowest BCUT2D eigenvalue weighted by Crippen LogP contribution is -2.39. The van der Waals surface area contributed by atoms with E-state index in [1.807, 2.05) is 12.1 Å². The molecule has 1 fully saturated rings. The molecule has 2 aromatic rings. The number of hydrogen-bond acceptors (Lipinski definition) is 3. The van der Waals surface area contributed by atoms with E-state index in [0.29, 0.717) is 38.0 Å². The molecule has 0 atom stereocenters. The summed E-state index contributed by atoms with van der Waals surface area (Å²) in [6, 6.07) is 8.00. The Morgan fingerprint density at radius 2 is 1.80 bits per heavy atom. The maximum absolute atomic E-state index is 12.6. The van der Waals surface area contributed by atoms with E-state index in [1.54, 1.807) is 17.0 Å². The number of carbonyl (C=O) groups excluding carboxylic acids is 1. The molecule has 1 aromatic carbocycles. The summed E-state index contributed by atoms with van der Waals surface area (Å²) < 4.78 is 39.3. The summed E-state index contributed by atoms with van der Waals surface area (Å²) in [4.78, 5) is 14.2. The van der Waals surface area contributed by atoms with Crippen molar-refractivity contribution >= 4 is 5.91 Å². The predicted molar refractivity (Wildman–Crippen MR) is 85.7 cm³/mol. The first kappa shape index (κ1) is 17.5. The summed E-state index contributed by atoms with van der Waals surface area (Å²) in [6.45, 7) is 1.40. The van der Waals surface area contributed by atoms with Crippen LogP contribution >= 0.6 is 0 Å². The molecule has 3 rings (SSSR count). The van der Waals surface area contributed by atoms with E-state index >= 15 is 0 Å². The summed E-state index contributed by atoms with van der Waals surface area (Å²) in [7, 11) is 0. The smallest absolute Gasteiger partial charge is 0.338 e. The SMILES string of the molecule is NCc1ccc(C(=O)N2CCC(n3ccc(C(F)(F)F)n3)CC2)cc1. The van der Waals surface area contributed by atoms with Gasteiger partial charge in [-0.15, -0.1) is 0 Å². The lowest BCUT2D eigenvalue weighted by Gasteiger charge is -2.32. The van der Waals surface area contributed by atoms with Gasteiger partial charge in [0.15, 0.2) is 5.69 Å². The fourth-order valence-corrected chi connectivity index (χ4v) is 2.99. The lowest BCUT2D eigenvalue weighted by atomic mass is 10.0. The lowest BCUT2D eigenvalue weighted by molar-refractivity contribution is -0.141. The fraction of sp³-hybridized carbons (Fsp3) is 0.412. The molecule has 1 aliphatic heterocycles. The Morgan fingerprint density at radius 3 is 2.32 bits per heavy atom. The number of amides is 1. The standard InChI is InChI=1S/C17H19F3N4O/c18-17(19,20)15-7-10-24(22-15)14-5-8-23(9-6-14)16(25)13-3-1-12(11-21)2-4-13/h1-4,7,10,14H,5-6,8-9,11,21H2. The second-order valence-corrected chi connectivity index (χ2v) is 6.10. The van der Waals surface area contributed by atoms with Crippen LogP contribution in [0.15, 0.2) is 36.5 Å². The van der Waals surface area contributed by atoms with E-state index in [0.717, 1.165) is 11.6 Å². The van der Waals surface area contributed by atoms with Crippen LogP contribution in [0.2, 0.25) is 0 Å². The molecular formula is C17H19F3N4O. The van der Waals surface area contributed by atoms with Crippen molar-refractivity contribution in [2.75, 3.05) is 13.1 Å². The summed E-state index contributed by atoms with van der Waals surface area (Å²) >= 11 is 0. The molecule has 0 unspecified atom stereocenters. The fourth-order valence-electron chi connectivity index (χ4n) is 2.99. The van der Waals surface area contributed by atoms with Gasteiger partial charge in [0, 0.05) is 31.4 Å². The highest BCUT2D eigenvalue weighted by Crippen LogP contribution is 2.29. The molecule has 2 heterocycles. The van der Waals surface area contributed by atoms with Gasteiger partial charge in [-0.1, -0.05) is 12.1 Å². The van der Waals surface area contributed by atoms with E-state index in [1.165, 1.54) is 10.9 Å². The van der Waals surface area contributed by atoms with Crippen molar-refractivity contribution < 1.29 is 18.0 Å². The molecule has 25 heavy (non-hydrogen) atoms. The number of benzene rings is 1. The van der Waals surface area contributed by atoms with Crippen LogP contribution in [0.1, 0.15) is 40.5 Å². The van der Waals surface area contributed by atoms with Gasteiger partial charge in [-0.2, -0.15) is 18.3 Å². The molecular weight excluding hydrogens is 333 g/mol. The zero-order valence-corrected chi connectivity index (χ0v) is 13.5. The average molecular weight is 352 g/mol. The number of carbonyl (C=O) groups is 1. The number of aromatic nitrogens is 2. The minimum atomic E-state index is -4.43. The zero-order valence-electron chi connectivity index (χ0n) is 13.5. The minimum absolute atomic E-state index is 0.0709. The monoisotopic (exact) mass is 352 g/mol. The Balaban J connectivity index is 1.61. The third-order valence-corrected chi connectivity index (χ3v) is 4.46.